The van der Waals surface area contributed by atoms with Crippen molar-refractivity contribution in [2.45, 2.75) is 46.1 Å². The van der Waals surface area contributed by atoms with Gasteiger partial charge in [0.1, 0.15) is 17.6 Å². The molecule has 0 aromatic heterocycles. The van der Waals surface area contributed by atoms with Crippen molar-refractivity contribution in [3.63, 3.8) is 0 Å². The maximum atomic E-state index is 9.40. The van der Waals surface area contributed by atoms with Crippen LogP contribution in [0.5, 0.6) is 11.5 Å². The monoisotopic (exact) mass is 324 g/mol. The van der Waals surface area contributed by atoms with Crippen LogP contribution in [0, 0.1) is 17.8 Å². The first-order valence-corrected chi connectivity index (χ1v) is 9.09. The van der Waals surface area contributed by atoms with Crippen LogP contribution in [0.3, 0.4) is 0 Å². The SMILES string of the molecule is CC(C)[C@H]1CC[C@H](C)C[C@@H]1Oc1ccc(-c2ccc(O)cc2)cc1. The summed E-state index contributed by atoms with van der Waals surface area (Å²) in [6.45, 7) is 6.96. The Morgan fingerprint density at radius 2 is 1.50 bits per heavy atom. The van der Waals surface area contributed by atoms with E-state index in [-0.39, 0.29) is 0 Å². The molecule has 24 heavy (non-hydrogen) atoms. The summed E-state index contributed by atoms with van der Waals surface area (Å²) < 4.78 is 6.37. The van der Waals surface area contributed by atoms with Gasteiger partial charge in [0.15, 0.2) is 0 Å². The summed E-state index contributed by atoms with van der Waals surface area (Å²) >= 11 is 0. The Labute approximate surface area is 145 Å². The summed E-state index contributed by atoms with van der Waals surface area (Å²) in [5.74, 6) is 3.32. The summed E-state index contributed by atoms with van der Waals surface area (Å²) in [4.78, 5) is 0. The molecule has 0 radical (unpaired) electrons. The Bertz CT molecular complexity index is 643. The molecule has 1 N–H and O–H groups in total. The van der Waals surface area contributed by atoms with Crippen molar-refractivity contribution in [2.75, 3.05) is 0 Å². The molecule has 1 aliphatic carbocycles. The zero-order valence-corrected chi connectivity index (χ0v) is 14.9. The third kappa shape index (κ3) is 3.92. The lowest BCUT2D eigenvalue weighted by Crippen LogP contribution is -2.36. The van der Waals surface area contributed by atoms with Gasteiger partial charge < -0.3 is 9.84 Å². The second-order valence-electron chi connectivity index (χ2n) is 7.55. The molecule has 2 aromatic carbocycles. The predicted octanol–water partition coefficient (Wildman–Crippen LogP) is 5.90. The van der Waals surface area contributed by atoms with Crippen molar-refractivity contribution in [1.82, 2.24) is 0 Å². The van der Waals surface area contributed by atoms with Crippen molar-refractivity contribution in [3.8, 4) is 22.6 Å². The number of phenols is 1. The van der Waals surface area contributed by atoms with Gasteiger partial charge in [-0.25, -0.2) is 0 Å². The lowest BCUT2D eigenvalue weighted by Gasteiger charge is -2.37. The Morgan fingerprint density at radius 1 is 0.917 bits per heavy atom. The molecule has 128 valence electrons. The fourth-order valence-corrected chi connectivity index (χ4v) is 3.80. The van der Waals surface area contributed by atoms with Crippen molar-refractivity contribution in [3.05, 3.63) is 48.5 Å². The summed E-state index contributed by atoms with van der Waals surface area (Å²) in [6, 6.07) is 15.6. The van der Waals surface area contributed by atoms with Crippen LogP contribution in [0.1, 0.15) is 40.0 Å². The third-order valence-electron chi connectivity index (χ3n) is 5.30. The second-order valence-corrected chi connectivity index (χ2v) is 7.55. The highest BCUT2D eigenvalue weighted by molar-refractivity contribution is 5.64. The van der Waals surface area contributed by atoms with Gasteiger partial charge in [0.2, 0.25) is 0 Å². The number of rotatable bonds is 4. The van der Waals surface area contributed by atoms with Crippen LogP contribution in [0.15, 0.2) is 48.5 Å². The van der Waals surface area contributed by atoms with E-state index in [9.17, 15) is 5.11 Å². The fraction of sp³-hybridized carbons (Fsp3) is 0.455. The zero-order valence-electron chi connectivity index (χ0n) is 14.9. The molecule has 0 saturated heterocycles. The minimum absolute atomic E-state index is 0.296. The molecule has 2 aromatic rings. The van der Waals surface area contributed by atoms with Crippen LogP contribution in [0.4, 0.5) is 0 Å². The molecule has 0 aliphatic heterocycles. The molecule has 1 fully saturated rings. The van der Waals surface area contributed by atoms with Crippen LogP contribution in [-0.2, 0) is 0 Å². The maximum Gasteiger partial charge on any atom is 0.119 e. The first kappa shape index (κ1) is 16.9. The van der Waals surface area contributed by atoms with Gasteiger partial charge in [-0.1, -0.05) is 51.5 Å². The molecule has 0 heterocycles. The Balaban J connectivity index is 1.72. The minimum Gasteiger partial charge on any atom is -0.508 e. The van der Waals surface area contributed by atoms with Gasteiger partial charge in [-0.15, -0.1) is 0 Å². The van der Waals surface area contributed by atoms with E-state index in [1.807, 2.05) is 12.1 Å². The molecule has 3 atom stereocenters. The van der Waals surface area contributed by atoms with Gasteiger partial charge in [0, 0.05) is 0 Å². The van der Waals surface area contributed by atoms with E-state index < -0.39 is 0 Å². The zero-order chi connectivity index (χ0) is 17.1. The molecule has 3 rings (SSSR count). The standard InChI is InChI=1S/C22H28O2/c1-15(2)21-13-4-16(3)14-22(21)24-20-11-7-18(8-12-20)17-5-9-19(23)10-6-17/h5-12,15-16,21-23H,4,13-14H2,1-3H3/t16-,21+,22-/m0/s1. The number of benzene rings is 2. The molecule has 0 bridgehead atoms. The van der Waals surface area contributed by atoms with E-state index in [4.69, 9.17) is 4.74 Å². The number of ether oxygens (including phenoxy) is 1. The molecule has 0 spiro atoms. The van der Waals surface area contributed by atoms with E-state index in [2.05, 4.69) is 45.0 Å². The maximum absolute atomic E-state index is 9.40. The van der Waals surface area contributed by atoms with Gasteiger partial charge >= 0.3 is 0 Å². The summed E-state index contributed by atoms with van der Waals surface area (Å²) in [6.07, 6.45) is 4.08. The Hall–Kier alpha value is -1.96. The molecule has 1 aliphatic rings. The average molecular weight is 324 g/mol. The molecule has 2 nitrogen and oxygen atoms in total. The lowest BCUT2D eigenvalue weighted by molar-refractivity contribution is 0.0460. The molecular formula is C22H28O2. The fourth-order valence-electron chi connectivity index (χ4n) is 3.80. The first-order chi connectivity index (χ1) is 11.5. The topological polar surface area (TPSA) is 29.5 Å². The Morgan fingerprint density at radius 3 is 2.08 bits per heavy atom. The third-order valence-corrected chi connectivity index (χ3v) is 5.30. The molecular weight excluding hydrogens is 296 g/mol. The summed E-state index contributed by atoms with van der Waals surface area (Å²) in [5.41, 5.74) is 2.24. The number of phenolic OH excluding ortho intramolecular Hbond substituents is 1. The quantitative estimate of drug-likeness (QED) is 0.759. The van der Waals surface area contributed by atoms with Crippen molar-refractivity contribution < 1.29 is 9.84 Å². The Kier molecular flexibility index (Phi) is 5.13. The highest BCUT2D eigenvalue weighted by Crippen LogP contribution is 2.36. The van der Waals surface area contributed by atoms with Gasteiger partial charge in [-0.05, 0) is 66.0 Å². The molecule has 0 unspecified atom stereocenters. The van der Waals surface area contributed by atoms with Gasteiger partial charge in [-0.3, -0.25) is 0 Å². The van der Waals surface area contributed by atoms with Gasteiger partial charge in [0.05, 0.1) is 0 Å². The van der Waals surface area contributed by atoms with Crippen LogP contribution in [-0.4, -0.2) is 11.2 Å². The highest BCUT2D eigenvalue weighted by atomic mass is 16.5. The van der Waals surface area contributed by atoms with Crippen molar-refractivity contribution in [1.29, 1.82) is 0 Å². The molecule has 2 heteroatoms. The van der Waals surface area contributed by atoms with E-state index in [0.29, 0.717) is 23.7 Å². The largest absolute Gasteiger partial charge is 0.508 e. The second kappa shape index (κ2) is 7.29. The number of hydrogen-bond acceptors (Lipinski definition) is 2. The van der Waals surface area contributed by atoms with Gasteiger partial charge in [-0.2, -0.15) is 0 Å². The molecule has 0 amide bonds. The average Bonchev–Trinajstić information content (AvgIpc) is 2.56. The number of hydrogen-bond donors (Lipinski definition) is 1. The summed E-state index contributed by atoms with van der Waals surface area (Å²) in [5, 5.41) is 9.40. The van der Waals surface area contributed by atoms with E-state index in [1.165, 1.54) is 12.8 Å². The smallest absolute Gasteiger partial charge is 0.119 e. The highest BCUT2D eigenvalue weighted by Gasteiger charge is 2.32. The molecule has 1 saturated carbocycles. The van der Waals surface area contributed by atoms with Crippen LogP contribution in [0.25, 0.3) is 11.1 Å². The first-order valence-electron chi connectivity index (χ1n) is 9.09. The predicted molar refractivity (Wildman–Crippen MR) is 99.3 cm³/mol. The number of aromatic hydroxyl groups is 1. The summed E-state index contributed by atoms with van der Waals surface area (Å²) in [7, 11) is 0. The van der Waals surface area contributed by atoms with Crippen molar-refractivity contribution >= 4 is 0 Å². The van der Waals surface area contributed by atoms with Crippen LogP contribution in [0.2, 0.25) is 0 Å². The van der Waals surface area contributed by atoms with E-state index in [1.54, 1.807) is 12.1 Å². The van der Waals surface area contributed by atoms with E-state index >= 15 is 0 Å². The van der Waals surface area contributed by atoms with Crippen LogP contribution < -0.4 is 4.74 Å². The van der Waals surface area contributed by atoms with Crippen molar-refractivity contribution in [2.24, 2.45) is 17.8 Å². The van der Waals surface area contributed by atoms with Gasteiger partial charge in [0.25, 0.3) is 0 Å². The van der Waals surface area contributed by atoms with E-state index in [0.717, 1.165) is 29.2 Å². The lowest BCUT2D eigenvalue weighted by atomic mass is 9.75. The normalized spacial score (nSPS) is 24.1. The minimum atomic E-state index is 0.296. The van der Waals surface area contributed by atoms with Crippen LogP contribution >= 0.6 is 0 Å².